The Hall–Kier alpha value is -2.68. The minimum atomic E-state index is -0.407. The first kappa shape index (κ1) is 16.5. The van der Waals surface area contributed by atoms with Crippen LogP contribution in [0.4, 0.5) is 0 Å². The van der Waals surface area contributed by atoms with E-state index in [2.05, 4.69) is 18.1 Å². The highest BCUT2D eigenvalue weighted by Gasteiger charge is 2.26. The van der Waals surface area contributed by atoms with Gasteiger partial charge in [0.1, 0.15) is 5.82 Å². The predicted molar refractivity (Wildman–Crippen MR) is 104 cm³/mol. The summed E-state index contributed by atoms with van der Waals surface area (Å²) in [6.45, 7) is 5.17. The average Bonchev–Trinajstić information content (AvgIpc) is 3.12. The summed E-state index contributed by atoms with van der Waals surface area (Å²) in [7, 11) is 0. The molecule has 0 aromatic carbocycles. The smallest absolute Gasteiger partial charge is 0.322 e. The quantitative estimate of drug-likeness (QED) is 0.569. The lowest BCUT2D eigenvalue weighted by Crippen LogP contribution is -2.30. The Morgan fingerprint density at radius 3 is 2.74 bits per heavy atom. The molecule has 0 spiro atoms. The summed E-state index contributed by atoms with van der Waals surface area (Å²) in [5.41, 5.74) is 1.11. The van der Waals surface area contributed by atoms with Gasteiger partial charge in [0.15, 0.2) is 16.1 Å². The molecule has 0 atom stereocenters. The maximum atomic E-state index is 12.5. The van der Waals surface area contributed by atoms with Crippen LogP contribution in [0.1, 0.15) is 36.2 Å². The number of hydrogen-bond donors (Lipinski definition) is 1. The van der Waals surface area contributed by atoms with E-state index >= 15 is 0 Å². The SMILES string of the molecule is CCn1c(=O)[nH]c(=O)c2c1nc(Cc1cn3cc(C)sc3n1)n2CC1CC1. The molecule has 27 heavy (non-hydrogen) atoms. The standard InChI is InChI=1S/C18H20N6O2S/c1-3-23-15-14(16(25)21-17(23)26)24(8-11-4-5-11)13(20-15)6-12-9-22-7-10(2)27-18(22)19-12/h7,9,11H,3-6,8H2,1-2H3,(H,21,25,26). The Morgan fingerprint density at radius 2 is 2.04 bits per heavy atom. The van der Waals surface area contributed by atoms with Crippen LogP contribution in [0.3, 0.4) is 0 Å². The lowest BCUT2D eigenvalue weighted by atomic mass is 10.3. The first-order chi connectivity index (χ1) is 13.0. The number of H-pyrrole nitrogens is 1. The fourth-order valence-electron chi connectivity index (χ4n) is 3.61. The van der Waals surface area contributed by atoms with E-state index in [1.54, 1.807) is 11.3 Å². The second-order valence-corrected chi connectivity index (χ2v) is 8.41. The van der Waals surface area contributed by atoms with E-state index in [9.17, 15) is 9.59 Å². The lowest BCUT2D eigenvalue weighted by molar-refractivity contribution is 0.614. The van der Waals surface area contributed by atoms with E-state index in [1.165, 1.54) is 22.3 Å². The third-order valence-corrected chi connectivity index (χ3v) is 5.99. The van der Waals surface area contributed by atoms with Gasteiger partial charge in [0.2, 0.25) is 0 Å². The topological polar surface area (TPSA) is 90.0 Å². The Morgan fingerprint density at radius 1 is 1.22 bits per heavy atom. The number of nitrogens with one attached hydrogen (secondary N) is 1. The van der Waals surface area contributed by atoms with Crippen LogP contribution in [0.2, 0.25) is 0 Å². The molecule has 4 heterocycles. The molecule has 0 bridgehead atoms. The van der Waals surface area contributed by atoms with Crippen molar-refractivity contribution in [3.8, 4) is 0 Å². The zero-order valence-electron chi connectivity index (χ0n) is 15.2. The number of fused-ring (bicyclic) bond motifs is 2. The molecule has 1 fully saturated rings. The highest BCUT2D eigenvalue weighted by Crippen LogP contribution is 2.32. The molecule has 4 aromatic heterocycles. The number of aromatic nitrogens is 6. The maximum Gasteiger partial charge on any atom is 0.330 e. The van der Waals surface area contributed by atoms with Gasteiger partial charge >= 0.3 is 5.69 Å². The van der Waals surface area contributed by atoms with Crippen molar-refractivity contribution in [3.05, 3.63) is 49.6 Å². The molecule has 1 saturated carbocycles. The highest BCUT2D eigenvalue weighted by atomic mass is 32.1. The van der Waals surface area contributed by atoms with Gasteiger partial charge in [-0.15, -0.1) is 11.3 Å². The van der Waals surface area contributed by atoms with Crippen molar-refractivity contribution >= 4 is 27.5 Å². The van der Waals surface area contributed by atoms with Gasteiger partial charge in [0.05, 0.1) is 5.69 Å². The Kier molecular flexibility index (Phi) is 3.61. The molecular weight excluding hydrogens is 364 g/mol. The molecule has 4 aromatic rings. The van der Waals surface area contributed by atoms with Crippen LogP contribution in [0.5, 0.6) is 0 Å². The average molecular weight is 384 g/mol. The van der Waals surface area contributed by atoms with Gasteiger partial charge in [-0.1, -0.05) is 0 Å². The van der Waals surface area contributed by atoms with Crippen LogP contribution in [-0.4, -0.2) is 28.5 Å². The van der Waals surface area contributed by atoms with Crippen LogP contribution in [0, 0.1) is 12.8 Å². The second kappa shape index (κ2) is 5.91. The summed E-state index contributed by atoms with van der Waals surface area (Å²) in [5, 5.41) is 0. The summed E-state index contributed by atoms with van der Waals surface area (Å²) < 4.78 is 5.55. The Balaban J connectivity index is 1.67. The molecule has 8 nitrogen and oxygen atoms in total. The molecule has 1 aliphatic rings. The molecule has 0 saturated heterocycles. The van der Waals surface area contributed by atoms with Crippen molar-refractivity contribution in [2.24, 2.45) is 5.92 Å². The summed E-state index contributed by atoms with van der Waals surface area (Å²) >= 11 is 1.65. The molecule has 1 aliphatic carbocycles. The summed E-state index contributed by atoms with van der Waals surface area (Å²) in [6, 6.07) is 0. The third-order valence-electron chi connectivity index (χ3n) is 5.08. The van der Waals surface area contributed by atoms with Crippen LogP contribution >= 0.6 is 11.3 Å². The molecule has 0 radical (unpaired) electrons. The monoisotopic (exact) mass is 384 g/mol. The Labute approximate surface area is 158 Å². The van der Waals surface area contributed by atoms with Crippen LogP contribution in [0.15, 0.2) is 22.0 Å². The van der Waals surface area contributed by atoms with Gasteiger partial charge in [-0.25, -0.2) is 14.8 Å². The Bertz CT molecular complexity index is 1250. The maximum absolute atomic E-state index is 12.5. The van der Waals surface area contributed by atoms with Crippen molar-refractivity contribution in [2.75, 3.05) is 0 Å². The van der Waals surface area contributed by atoms with Crippen molar-refractivity contribution in [3.63, 3.8) is 0 Å². The van der Waals surface area contributed by atoms with Gasteiger partial charge in [-0.3, -0.25) is 18.7 Å². The molecule has 1 N–H and O–H groups in total. The molecule has 5 rings (SSSR count). The number of aromatic amines is 1. The zero-order chi connectivity index (χ0) is 18.7. The first-order valence-electron chi connectivity index (χ1n) is 9.19. The molecule has 9 heteroatoms. The highest BCUT2D eigenvalue weighted by molar-refractivity contribution is 7.16. The van der Waals surface area contributed by atoms with Crippen LogP contribution < -0.4 is 11.2 Å². The third kappa shape index (κ3) is 2.73. The second-order valence-electron chi connectivity index (χ2n) is 7.20. The lowest BCUT2D eigenvalue weighted by Gasteiger charge is -2.07. The van der Waals surface area contributed by atoms with E-state index in [4.69, 9.17) is 9.97 Å². The van der Waals surface area contributed by atoms with Crippen molar-refractivity contribution in [1.82, 2.24) is 28.5 Å². The van der Waals surface area contributed by atoms with Crippen molar-refractivity contribution in [1.29, 1.82) is 0 Å². The summed E-state index contributed by atoms with van der Waals surface area (Å²) in [6.07, 6.45) is 6.94. The van der Waals surface area contributed by atoms with Gasteiger partial charge in [-0.2, -0.15) is 0 Å². The van der Waals surface area contributed by atoms with Gasteiger partial charge in [0, 0.05) is 36.8 Å². The van der Waals surface area contributed by atoms with Crippen LogP contribution in [0.25, 0.3) is 16.1 Å². The van der Waals surface area contributed by atoms with Crippen LogP contribution in [-0.2, 0) is 19.5 Å². The number of imidazole rings is 2. The molecule has 0 amide bonds. The van der Waals surface area contributed by atoms with E-state index < -0.39 is 5.69 Å². The van der Waals surface area contributed by atoms with Crippen molar-refractivity contribution < 1.29 is 0 Å². The summed E-state index contributed by atoms with van der Waals surface area (Å²) in [5.74, 6) is 1.37. The van der Waals surface area contributed by atoms with E-state index in [-0.39, 0.29) is 5.56 Å². The molecule has 0 aliphatic heterocycles. The molecule has 0 unspecified atom stereocenters. The zero-order valence-corrected chi connectivity index (χ0v) is 16.0. The van der Waals surface area contributed by atoms with E-state index in [0.29, 0.717) is 30.0 Å². The largest absolute Gasteiger partial charge is 0.330 e. The van der Waals surface area contributed by atoms with E-state index in [0.717, 1.165) is 23.0 Å². The van der Waals surface area contributed by atoms with E-state index in [1.807, 2.05) is 22.1 Å². The number of rotatable bonds is 5. The fourth-order valence-corrected chi connectivity index (χ4v) is 4.44. The number of aryl methyl sites for hydroxylation is 2. The minimum absolute atomic E-state index is 0.361. The number of thiazole rings is 1. The van der Waals surface area contributed by atoms with Gasteiger partial charge < -0.3 is 4.57 Å². The minimum Gasteiger partial charge on any atom is -0.322 e. The molecular formula is C18H20N6O2S. The van der Waals surface area contributed by atoms with Crippen molar-refractivity contribution in [2.45, 2.75) is 46.2 Å². The molecule has 140 valence electrons. The predicted octanol–water partition coefficient (Wildman–Crippen LogP) is 1.92. The summed E-state index contributed by atoms with van der Waals surface area (Å²) in [4.78, 5) is 38.7. The fraction of sp³-hybridized carbons (Fsp3) is 0.444. The number of hydrogen-bond acceptors (Lipinski definition) is 5. The van der Waals surface area contributed by atoms with Gasteiger partial charge in [-0.05, 0) is 32.6 Å². The normalized spacial score (nSPS) is 14.6. The van der Waals surface area contributed by atoms with Gasteiger partial charge in [0.25, 0.3) is 5.56 Å². The number of nitrogens with zero attached hydrogens (tertiary/aromatic N) is 5. The first-order valence-corrected chi connectivity index (χ1v) is 10.0.